The summed E-state index contributed by atoms with van der Waals surface area (Å²) in [6.07, 6.45) is 4.38. The molecule has 5 heteroatoms. The molecule has 0 bridgehead atoms. The van der Waals surface area contributed by atoms with Crippen molar-refractivity contribution < 1.29 is 4.79 Å². The first-order chi connectivity index (χ1) is 8.06. The van der Waals surface area contributed by atoms with Gasteiger partial charge in [0.1, 0.15) is 5.82 Å². The van der Waals surface area contributed by atoms with Gasteiger partial charge in [0, 0.05) is 23.1 Å². The first-order valence-electron chi connectivity index (χ1n) is 5.74. The number of amides is 1. The van der Waals surface area contributed by atoms with Crippen LogP contribution in [-0.2, 0) is 4.79 Å². The summed E-state index contributed by atoms with van der Waals surface area (Å²) in [5.41, 5.74) is 6.94. The maximum absolute atomic E-state index is 11.7. The Kier molecular flexibility index (Phi) is 3.79. The second kappa shape index (κ2) is 5.14. The second-order valence-electron chi connectivity index (χ2n) is 4.57. The van der Waals surface area contributed by atoms with Crippen molar-refractivity contribution in [3.8, 4) is 0 Å². The first-order valence-corrected chi connectivity index (χ1v) is 6.53. The summed E-state index contributed by atoms with van der Waals surface area (Å²) in [4.78, 5) is 15.8. The molecule has 0 radical (unpaired) electrons. The number of carbonyl (C=O) groups excluding carboxylic acids is 1. The molecule has 1 atom stereocenters. The summed E-state index contributed by atoms with van der Waals surface area (Å²) < 4.78 is 0.935. The number of pyridine rings is 1. The van der Waals surface area contributed by atoms with Crippen LogP contribution in [0.2, 0.25) is 0 Å². The number of aromatic nitrogens is 1. The summed E-state index contributed by atoms with van der Waals surface area (Å²) in [6.45, 7) is 1.96. The normalized spacial score (nSPS) is 16.6. The van der Waals surface area contributed by atoms with Crippen molar-refractivity contribution in [2.24, 2.45) is 11.7 Å². The fourth-order valence-corrected chi connectivity index (χ4v) is 1.92. The molecule has 17 heavy (non-hydrogen) atoms. The number of carbonyl (C=O) groups is 1. The van der Waals surface area contributed by atoms with E-state index in [2.05, 4.69) is 26.2 Å². The Balaban J connectivity index is 1.90. The molecule has 1 fully saturated rings. The number of halogens is 1. The van der Waals surface area contributed by atoms with Crippen LogP contribution in [0.15, 0.2) is 16.7 Å². The summed E-state index contributed by atoms with van der Waals surface area (Å²) >= 11 is 3.37. The smallest absolute Gasteiger partial charge is 0.227 e. The van der Waals surface area contributed by atoms with Crippen LogP contribution < -0.4 is 11.1 Å². The molecule has 0 aliphatic heterocycles. The second-order valence-corrected chi connectivity index (χ2v) is 5.43. The highest BCUT2D eigenvalue weighted by atomic mass is 79.9. The predicted octanol–water partition coefficient (Wildman–Crippen LogP) is 2.22. The molecule has 1 aromatic heterocycles. The molecule has 1 saturated carbocycles. The van der Waals surface area contributed by atoms with Crippen LogP contribution in [0.25, 0.3) is 0 Å². The van der Waals surface area contributed by atoms with Gasteiger partial charge in [-0.2, -0.15) is 0 Å². The van der Waals surface area contributed by atoms with E-state index in [0.29, 0.717) is 18.2 Å². The minimum absolute atomic E-state index is 0.00783. The predicted molar refractivity (Wildman–Crippen MR) is 70.6 cm³/mol. The molecule has 4 nitrogen and oxygen atoms in total. The molecule has 2 rings (SSSR count). The van der Waals surface area contributed by atoms with Gasteiger partial charge < -0.3 is 11.1 Å². The van der Waals surface area contributed by atoms with Gasteiger partial charge in [0.2, 0.25) is 5.91 Å². The van der Waals surface area contributed by atoms with E-state index in [-0.39, 0.29) is 11.9 Å². The highest BCUT2D eigenvalue weighted by molar-refractivity contribution is 9.10. The Bertz CT molecular complexity index is 432. The Morgan fingerprint density at radius 3 is 3.00 bits per heavy atom. The van der Waals surface area contributed by atoms with Crippen molar-refractivity contribution in [1.29, 1.82) is 0 Å². The number of anilines is 1. The minimum Gasteiger partial charge on any atom is -0.327 e. The van der Waals surface area contributed by atoms with Gasteiger partial charge >= 0.3 is 0 Å². The zero-order valence-electron chi connectivity index (χ0n) is 9.74. The zero-order chi connectivity index (χ0) is 12.4. The van der Waals surface area contributed by atoms with Gasteiger partial charge in [0.15, 0.2) is 0 Å². The van der Waals surface area contributed by atoms with Crippen molar-refractivity contribution in [3.05, 3.63) is 22.3 Å². The Morgan fingerprint density at radius 2 is 2.41 bits per heavy atom. The average molecular weight is 298 g/mol. The summed E-state index contributed by atoms with van der Waals surface area (Å²) in [6, 6.07) is 1.83. The molecule has 1 aliphatic carbocycles. The molecule has 1 amide bonds. The SMILES string of the molecule is Cc1cc(NC(=O)CC(N)C2CC2)ncc1Br. The number of hydrogen-bond acceptors (Lipinski definition) is 3. The third-order valence-corrected chi connectivity index (χ3v) is 3.79. The van der Waals surface area contributed by atoms with Crippen LogP contribution in [0.3, 0.4) is 0 Å². The maximum Gasteiger partial charge on any atom is 0.227 e. The highest BCUT2D eigenvalue weighted by Gasteiger charge is 2.29. The van der Waals surface area contributed by atoms with Gasteiger partial charge in [-0.25, -0.2) is 4.98 Å². The summed E-state index contributed by atoms with van der Waals surface area (Å²) in [5, 5.41) is 2.77. The fourth-order valence-electron chi connectivity index (χ4n) is 1.71. The van der Waals surface area contributed by atoms with Crippen molar-refractivity contribution >= 4 is 27.7 Å². The van der Waals surface area contributed by atoms with E-state index in [1.165, 1.54) is 0 Å². The monoisotopic (exact) mass is 297 g/mol. The van der Waals surface area contributed by atoms with Crippen molar-refractivity contribution in [2.75, 3.05) is 5.32 Å². The summed E-state index contributed by atoms with van der Waals surface area (Å²) in [5.74, 6) is 1.07. The molecule has 92 valence electrons. The standard InChI is InChI=1S/C12H16BrN3O/c1-7-4-11(15-6-9(7)13)16-12(17)5-10(14)8-2-3-8/h4,6,8,10H,2-3,5,14H2,1H3,(H,15,16,17). The van der Waals surface area contributed by atoms with Gasteiger partial charge in [0.25, 0.3) is 0 Å². The lowest BCUT2D eigenvalue weighted by Gasteiger charge is -2.10. The highest BCUT2D eigenvalue weighted by Crippen LogP contribution is 2.32. The average Bonchev–Trinajstić information content (AvgIpc) is 3.06. The lowest BCUT2D eigenvalue weighted by Crippen LogP contribution is -2.29. The van der Waals surface area contributed by atoms with Gasteiger partial charge in [-0.05, 0) is 53.2 Å². The van der Waals surface area contributed by atoms with Crippen molar-refractivity contribution in [1.82, 2.24) is 4.98 Å². The number of rotatable bonds is 4. The largest absolute Gasteiger partial charge is 0.327 e. The number of nitrogens with zero attached hydrogens (tertiary/aromatic N) is 1. The third-order valence-electron chi connectivity index (χ3n) is 2.96. The Morgan fingerprint density at radius 1 is 1.71 bits per heavy atom. The number of nitrogens with one attached hydrogen (secondary N) is 1. The van der Waals surface area contributed by atoms with Crippen LogP contribution in [0.4, 0.5) is 5.82 Å². The van der Waals surface area contributed by atoms with E-state index in [4.69, 9.17) is 5.73 Å². The lowest BCUT2D eigenvalue weighted by atomic mass is 10.1. The molecule has 0 spiro atoms. The van der Waals surface area contributed by atoms with E-state index in [1.54, 1.807) is 6.20 Å². The minimum atomic E-state index is -0.0568. The molecule has 3 N–H and O–H groups in total. The maximum atomic E-state index is 11.7. The fraction of sp³-hybridized carbons (Fsp3) is 0.500. The molecule has 1 aromatic rings. The molecule has 0 aromatic carbocycles. The zero-order valence-corrected chi connectivity index (χ0v) is 11.3. The molecular weight excluding hydrogens is 282 g/mol. The van der Waals surface area contributed by atoms with E-state index in [0.717, 1.165) is 22.9 Å². The van der Waals surface area contributed by atoms with Gasteiger partial charge in [0.05, 0.1) is 0 Å². The molecule has 1 aliphatic rings. The van der Waals surface area contributed by atoms with Crippen LogP contribution in [-0.4, -0.2) is 16.9 Å². The quantitative estimate of drug-likeness (QED) is 0.895. The molecular formula is C12H16BrN3O. The first kappa shape index (κ1) is 12.5. The van der Waals surface area contributed by atoms with E-state index < -0.39 is 0 Å². The van der Waals surface area contributed by atoms with Crippen LogP contribution >= 0.6 is 15.9 Å². The van der Waals surface area contributed by atoms with Gasteiger partial charge in [-0.15, -0.1) is 0 Å². The third kappa shape index (κ3) is 3.51. The number of aryl methyl sites for hydroxylation is 1. The Labute approximate surface area is 109 Å². The van der Waals surface area contributed by atoms with Gasteiger partial charge in [-0.3, -0.25) is 4.79 Å². The van der Waals surface area contributed by atoms with E-state index in [1.807, 2.05) is 13.0 Å². The summed E-state index contributed by atoms with van der Waals surface area (Å²) in [7, 11) is 0. The molecule has 0 saturated heterocycles. The topological polar surface area (TPSA) is 68.0 Å². The van der Waals surface area contributed by atoms with Crippen molar-refractivity contribution in [2.45, 2.75) is 32.2 Å². The van der Waals surface area contributed by atoms with Crippen LogP contribution in [0, 0.1) is 12.8 Å². The molecule has 1 heterocycles. The Hall–Kier alpha value is -0.940. The van der Waals surface area contributed by atoms with Crippen molar-refractivity contribution in [3.63, 3.8) is 0 Å². The van der Waals surface area contributed by atoms with E-state index in [9.17, 15) is 4.79 Å². The van der Waals surface area contributed by atoms with Crippen LogP contribution in [0.1, 0.15) is 24.8 Å². The van der Waals surface area contributed by atoms with Gasteiger partial charge in [-0.1, -0.05) is 0 Å². The molecule has 1 unspecified atom stereocenters. The lowest BCUT2D eigenvalue weighted by molar-refractivity contribution is -0.116. The van der Waals surface area contributed by atoms with E-state index >= 15 is 0 Å². The number of nitrogens with two attached hydrogens (primary N) is 1. The van der Waals surface area contributed by atoms with Crippen LogP contribution in [0.5, 0.6) is 0 Å². The number of hydrogen-bond donors (Lipinski definition) is 2.